The predicted octanol–water partition coefficient (Wildman–Crippen LogP) is 3.37. The van der Waals surface area contributed by atoms with Crippen molar-refractivity contribution < 1.29 is 14.9 Å². The van der Waals surface area contributed by atoms with Gasteiger partial charge < -0.3 is 14.9 Å². The number of hydrogen-bond acceptors (Lipinski definition) is 3. The highest BCUT2D eigenvalue weighted by Crippen LogP contribution is 2.41. The monoisotopic (exact) mass is 240 g/mol. The SMILES string of the molecule is Cc1ccc(O)c2c1OC(=C1C=CC=C1)C=C2O. The first-order chi connectivity index (χ1) is 8.66. The van der Waals surface area contributed by atoms with Gasteiger partial charge in [0.25, 0.3) is 0 Å². The minimum atomic E-state index is 0.0194. The lowest BCUT2D eigenvalue weighted by Gasteiger charge is -2.20. The number of aliphatic hydroxyl groups excluding tert-OH is 1. The van der Waals surface area contributed by atoms with Crippen molar-refractivity contribution in [3.8, 4) is 11.5 Å². The van der Waals surface area contributed by atoms with Gasteiger partial charge in [0.1, 0.15) is 28.6 Å². The average Bonchev–Trinajstić information content (AvgIpc) is 2.87. The Morgan fingerprint density at radius 3 is 2.50 bits per heavy atom. The van der Waals surface area contributed by atoms with Crippen LogP contribution in [0.25, 0.3) is 5.76 Å². The lowest BCUT2D eigenvalue weighted by molar-refractivity contribution is 0.399. The minimum absolute atomic E-state index is 0.0194. The number of phenols is 1. The van der Waals surface area contributed by atoms with Crippen LogP contribution in [0.1, 0.15) is 11.1 Å². The van der Waals surface area contributed by atoms with Crippen LogP contribution in [-0.4, -0.2) is 10.2 Å². The molecule has 0 radical (unpaired) electrons. The molecule has 0 amide bonds. The third-order valence-electron chi connectivity index (χ3n) is 3.02. The van der Waals surface area contributed by atoms with Crippen LogP contribution < -0.4 is 4.74 Å². The maximum atomic E-state index is 10.0. The molecule has 1 aliphatic heterocycles. The maximum Gasteiger partial charge on any atom is 0.145 e. The second kappa shape index (κ2) is 3.81. The van der Waals surface area contributed by atoms with Crippen LogP contribution in [-0.2, 0) is 0 Å². The molecule has 0 unspecified atom stereocenters. The maximum absolute atomic E-state index is 10.0. The van der Waals surface area contributed by atoms with Gasteiger partial charge in [0.15, 0.2) is 0 Å². The number of ether oxygens (including phenoxy) is 1. The fourth-order valence-corrected chi connectivity index (χ4v) is 2.07. The van der Waals surface area contributed by atoms with E-state index >= 15 is 0 Å². The summed E-state index contributed by atoms with van der Waals surface area (Å²) in [5, 5.41) is 19.8. The predicted molar refractivity (Wildman–Crippen MR) is 69.4 cm³/mol. The van der Waals surface area contributed by atoms with Crippen LogP contribution in [0, 0.1) is 6.92 Å². The van der Waals surface area contributed by atoms with Crippen LogP contribution in [0.5, 0.6) is 11.5 Å². The molecule has 1 aliphatic carbocycles. The fourth-order valence-electron chi connectivity index (χ4n) is 2.07. The first kappa shape index (κ1) is 10.7. The van der Waals surface area contributed by atoms with Gasteiger partial charge in [-0.05, 0) is 18.6 Å². The molecule has 1 heterocycles. The largest absolute Gasteiger partial charge is 0.507 e. The molecule has 0 saturated heterocycles. The standard InChI is InChI=1S/C15H12O3/c1-9-6-7-11(16)14-12(17)8-13(18-15(9)14)10-4-2-3-5-10/h2-8,16-17H,1H3. The lowest BCUT2D eigenvalue weighted by atomic mass is 10.0. The van der Waals surface area contributed by atoms with Gasteiger partial charge in [-0.3, -0.25) is 0 Å². The second-order valence-corrected chi connectivity index (χ2v) is 4.28. The summed E-state index contributed by atoms with van der Waals surface area (Å²) in [4.78, 5) is 0. The molecule has 90 valence electrons. The molecule has 0 spiro atoms. The Hall–Kier alpha value is -2.42. The number of aromatic hydroxyl groups is 1. The van der Waals surface area contributed by atoms with E-state index in [4.69, 9.17) is 4.74 Å². The highest BCUT2D eigenvalue weighted by molar-refractivity contribution is 5.76. The first-order valence-electron chi connectivity index (χ1n) is 5.67. The van der Waals surface area contributed by atoms with Gasteiger partial charge in [0, 0.05) is 11.6 Å². The number of phenolic OH excluding ortho intramolecular Hbond substituents is 1. The summed E-state index contributed by atoms with van der Waals surface area (Å²) in [6, 6.07) is 3.31. The van der Waals surface area contributed by atoms with E-state index in [9.17, 15) is 10.2 Å². The van der Waals surface area contributed by atoms with Gasteiger partial charge in [-0.2, -0.15) is 0 Å². The highest BCUT2D eigenvalue weighted by atomic mass is 16.5. The van der Waals surface area contributed by atoms with Gasteiger partial charge in [-0.1, -0.05) is 30.4 Å². The third kappa shape index (κ3) is 1.52. The van der Waals surface area contributed by atoms with Crippen molar-refractivity contribution in [2.75, 3.05) is 0 Å². The van der Waals surface area contributed by atoms with Crippen LogP contribution in [0.2, 0.25) is 0 Å². The van der Waals surface area contributed by atoms with E-state index < -0.39 is 0 Å². The molecular weight excluding hydrogens is 228 g/mol. The topological polar surface area (TPSA) is 49.7 Å². The molecule has 0 fully saturated rings. The number of allylic oxidation sites excluding steroid dienone is 6. The van der Waals surface area contributed by atoms with E-state index in [0.717, 1.165) is 11.1 Å². The zero-order valence-electron chi connectivity index (χ0n) is 9.84. The third-order valence-corrected chi connectivity index (χ3v) is 3.02. The summed E-state index contributed by atoms with van der Waals surface area (Å²) in [6.07, 6.45) is 9.14. The molecule has 2 N–H and O–H groups in total. The molecule has 0 atom stereocenters. The number of aryl methyl sites for hydroxylation is 1. The molecule has 0 bridgehead atoms. The summed E-state index contributed by atoms with van der Waals surface area (Å²) in [5.74, 6) is 1.13. The van der Waals surface area contributed by atoms with Gasteiger partial charge in [0.05, 0.1) is 0 Å². The zero-order chi connectivity index (χ0) is 12.7. The van der Waals surface area contributed by atoms with E-state index in [1.54, 1.807) is 12.1 Å². The summed E-state index contributed by atoms with van der Waals surface area (Å²) in [6.45, 7) is 1.87. The van der Waals surface area contributed by atoms with E-state index in [1.165, 1.54) is 6.08 Å². The smallest absolute Gasteiger partial charge is 0.145 e. The van der Waals surface area contributed by atoms with Gasteiger partial charge in [-0.25, -0.2) is 0 Å². The highest BCUT2D eigenvalue weighted by Gasteiger charge is 2.23. The lowest BCUT2D eigenvalue weighted by Crippen LogP contribution is -2.06. The van der Waals surface area contributed by atoms with E-state index in [-0.39, 0.29) is 11.5 Å². The van der Waals surface area contributed by atoms with E-state index in [1.807, 2.05) is 31.2 Å². The number of rotatable bonds is 0. The van der Waals surface area contributed by atoms with E-state index in [2.05, 4.69) is 0 Å². The van der Waals surface area contributed by atoms with Crippen LogP contribution in [0.4, 0.5) is 0 Å². The van der Waals surface area contributed by atoms with Crippen LogP contribution in [0.3, 0.4) is 0 Å². The van der Waals surface area contributed by atoms with Gasteiger partial charge in [-0.15, -0.1) is 0 Å². The van der Waals surface area contributed by atoms with Crippen molar-refractivity contribution in [1.82, 2.24) is 0 Å². The molecule has 1 aromatic rings. The van der Waals surface area contributed by atoms with Crippen molar-refractivity contribution in [2.24, 2.45) is 0 Å². The molecule has 3 nitrogen and oxygen atoms in total. The number of aliphatic hydroxyl groups is 1. The zero-order valence-corrected chi connectivity index (χ0v) is 9.84. The van der Waals surface area contributed by atoms with Crippen molar-refractivity contribution in [3.05, 3.63) is 65.0 Å². The summed E-state index contributed by atoms with van der Waals surface area (Å²) >= 11 is 0. The van der Waals surface area contributed by atoms with Crippen molar-refractivity contribution in [2.45, 2.75) is 6.92 Å². The fraction of sp³-hybridized carbons (Fsp3) is 0.0667. The second-order valence-electron chi connectivity index (χ2n) is 4.28. The summed E-state index contributed by atoms with van der Waals surface area (Å²) < 4.78 is 5.78. The number of hydrogen-bond donors (Lipinski definition) is 2. The normalized spacial score (nSPS) is 16.6. The molecule has 0 saturated carbocycles. The molecule has 18 heavy (non-hydrogen) atoms. The van der Waals surface area contributed by atoms with Gasteiger partial charge >= 0.3 is 0 Å². The Balaban J connectivity index is 2.21. The summed E-state index contributed by atoms with van der Waals surface area (Å²) in [7, 11) is 0. The van der Waals surface area contributed by atoms with Crippen LogP contribution in [0.15, 0.2) is 53.8 Å². The van der Waals surface area contributed by atoms with E-state index in [0.29, 0.717) is 17.1 Å². The number of fused-ring (bicyclic) bond motifs is 1. The Morgan fingerprint density at radius 1 is 1.06 bits per heavy atom. The Bertz CT molecular complexity index is 632. The number of benzene rings is 1. The Morgan fingerprint density at radius 2 is 1.78 bits per heavy atom. The molecular formula is C15H12O3. The van der Waals surface area contributed by atoms with Crippen molar-refractivity contribution >= 4 is 5.76 Å². The Kier molecular flexibility index (Phi) is 2.27. The molecule has 3 heteroatoms. The Labute approximate surface area is 105 Å². The average molecular weight is 240 g/mol. The molecule has 0 aromatic heterocycles. The minimum Gasteiger partial charge on any atom is -0.507 e. The van der Waals surface area contributed by atoms with Crippen molar-refractivity contribution in [1.29, 1.82) is 0 Å². The quantitative estimate of drug-likeness (QED) is 0.731. The van der Waals surface area contributed by atoms with Gasteiger partial charge in [0.2, 0.25) is 0 Å². The molecule has 3 rings (SSSR count). The van der Waals surface area contributed by atoms with Crippen LogP contribution >= 0.6 is 0 Å². The first-order valence-corrected chi connectivity index (χ1v) is 5.67. The van der Waals surface area contributed by atoms with Crippen molar-refractivity contribution in [3.63, 3.8) is 0 Å². The molecule has 1 aromatic carbocycles. The summed E-state index contributed by atoms with van der Waals surface area (Å²) in [5.41, 5.74) is 2.12. The molecule has 2 aliphatic rings.